The zero-order valence-electron chi connectivity index (χ0n) is 18.0. The van der Waals surface area contributed by atoms with Gasteiger partial charge in [0.15, 0.2) is 11.2 Å². The second-order valence-corrected chi connectivity index (χ2v) is 7.47. The van der Waals surface area contributed by atoms with Crippen molar-refractivity contribution in [3.63, 3.8) is 0 Å². The first kappa shape index (κ1) is 21.9. The number of nitrogens with zero attached hydrogens (tertiary/aromatic N) is 6. The molecule has 0 bridgehead atoms. The fraction of sp³-hybridized carbons (Fsp3) is 0.350. The number of ether oxygens (including phenoxy) is 1. The molecule has 13 heteroatoms. The molecule has 0 unspecified atom stereocenters. The van der Waals surface area contributed by atoms with Crippen LogP contribution >= 0.6 is 0 Å². The topological polar surface area (TPSA) is 152 Å². The van der Waals surface area contributed by atoms with Crippen molar-refractivity contribution in [2.75, 3.05) is 38.2 Å². The lowest BCUT2D eigenvalue weighted by molar-refractivity contribution is -0.137. The number of anilines is 1. The Bertz CT molecular complexity index is 1360. The van der Waals surface area contributed by atoms with Gasteiger partial charge in [0.1, 0.15) is 12.3 Å². The fourth-order valence-electron chi connectivity index (χ4n) is 3.94. The number of carboxylic acids is 1. The Balaban J connectivity index is 2.02. The quantitative estimate of drug-likeness (QED) is 0.528. The number of fused-ring (bicyclic) bond motifs is 1. The minimum atomic E-state index is -1.33. The summed E-state index contributed by atoms with van der Waals surface area (Å²) in [6.07, 6.45) is -1.02. The second kappa shape index (κ2) is 8.33. The Kier molecular flexibility index (Phi) is 5.54. The Morgan fingerprint density at radius 1 is 1.09 bits per heavy atom. The largest absolute Gasteiger partial charge is 0.495 e. The SMILES string of the molecule is COc1ccccc1-n1c(N2CCN(C(=O)O)CC2)nc2c1c(=O)n(CC(=O)O)c(=O)n2C. The van der Waals surface area contributed by atoms with Gasteiger partial charge in [-0.2, -0.15) is 4.98 Å². The van der Waals surface area contributed by atoms with Gasteiger partial charge in [0, 0.05) is 33.2 Å². The van der Waals surface area contributed by atoms with Crippen LogP contribution < -0.4 is 20.9 Å². The number of imidazole rings is 1. The number of piperazine rings is 1. The number of hydrogen-bond acceptors (Lipinski definition) is 7. The second-order valence-electron chi connectivity index (χ2n) is 7.47. The van der Waals surface area contributed by atoms with Crippen molar-refractivity contribution in [1.29, 1.82) is 0 Å². The summed E-state index contributed by atoms with van der Waals surface area (Å²) in [6, 6.07) is 6.91. The lowest BCUT2D eigenvalue weighted by Gasteiger charge is -2.34. The van der Waals surface area contributed by atoms with E-state index in [0.717, 1.165) is 4.57 Å². The van der Waals surface area contributed by atoms with Gasteiger partial charge in [-0.25, -0.2) is 14.2 Å². The van der Waals surface area contributed by atoms with Gasteiger partial charge in [-0.05, 0) is 12.1 Å². The van der Waals surface area contributed by atoms with Crippen LogP contribution in [0.5, 0.6) is 5.75 Å². The van der Waals surface area contributed by atoms with Gasteiger partial charge in [0.05, 0.1) is 12.8 Å². The van der Waals surface area contributed by atoms with Gasteiger partial charge < -0.3 is 24.7 Å². The van der Waals surface area contributed by atoms with Gasteiger partial charge in [0.25, 0.3) is 5.56 Å². The number of carboxylic acid groups (broad SMARTS) is 2. The molecule has 3 heterocycles. The highest BCUT2D eigenvalue weighted by atomic mass is 16.5. The highest BCUT2D eigenvalue weighted by Gasteiger charge is 2.29. The third-order valence-corrected chi connectivity index (χ3v) is 5.58. The van der Waals surface area contributed by atoms with Crippen molar-refractivity contribution >= 4 is 29.2 Å². The lowest BCUT2D eigenvalue weighted by atomic mass is 10.2. The van der Waals surface area contributed by atoms with E-state index in [4.69, 9.17) is 4.74 Å². The summed E-state index contributed by atoms with van der Waals surface area (Å²) < 4.78 is 8.78. The average Bonchev–Trinajstić information content (AvgIpc) is 3.21. The highest BCUT2D eigenvalue weighted by molar-refractivity contribution is 5.79. The number of para-hydroxylation sites is 2. The van der Waals surface area contributed by atoms with Crippen LogP contribution in [0.4, 0.5) is 10.7 Å². The normalized spacial score (nSPS) is 14.0. The van der Waals surface area contributed by atoms with Crippen molar-refractivity contribution in [2.24, 2.45) is 7.05 Å². The molecule has 3 aromatic rings. The molecule has 174 valence electrons. The first-order chi connectivity index (χ1) is 15.7. The van der Waals surface area contributed by atoms with Crippen LogP contribution in [0.3, 0.4) is 0 Å². The molecule has 1 fully saturated rings. The van der Waals surface area contributed by atoms with Gasteiger partial charge in [-0.1, -0.05) is 12.1 Å². The van der Waals surface area contributed by atoms with Crippen LogP contribution in [0.1, 0.15) is 0 Å². The molecule has 2 aromatic heterocycles. The molecule has 0 aliphatic carbocycles. The van der Waals surface area contributed by atoms with Crippen LogP contribution in [0.25, 0.3) is 16.9 Å². The Labute approximate surface area is 186 Å². The van der Waals surface area contributed by atoms with E-state index in [2.05, 4.69) is 4.98 Å². The maximum absolute atomic E-state index is 13.3. The Morgan fingerprint density at radius 2 is 1.76 bits per heavy atom. The number of carbonyl (C=O) groups is 2. The van der Waals surface area contributed by atoms with E-state index in [9.17, 15) is 29.4 Å². The van der Waals surface area contributed by atoms with Crippen LogP contribution in [-0.2, 0) is 18.4 Å². The molecule has 1 saturated heterocycles. The molecule has 33 heavy (non-hydrogen) atoms. The van der Waals surface area contributed by atoms with E-state index in [1.165, 1.54) is 23.6 Å². The number of aliphatic carboxylic acids is 1. The minimum Gasteiger partial charge on any atom is -0.495 e. The number of aromatic nitrogens is 4. The summed E-state index contributed by atoms with van der Waals surface area (Å²) in [5, 5.41) is 18.5. The van der Waals surface area contributed by atoms with Gasteiger partial charge >= 0.3 is 17.8 Å². The van der Waals surface area contributed by atoms with E-state index >= 15 is 0 Å². The van der Waals surface area contributed by atoms with Gasteiger partial charge in [-0.3, -0.25) is 18.7 Å². The van der Waals surface area contributed by atoms with E-state index in [1.54, 1.807) is 24.3 Å². The molecule has 0 atom stereocenters. The smallest absolute Gasteiger partial charge is 0.407 e. The highest BCUT2D eigenvalue weighted by Crippen LogP contribution is 2.31. The number of benzene rings is 1. The van der Waals surface area contributed by atoms with Crippen LogP contribution in [0.15, 0.2) is 33.9 Å². The van der Waals surface area contributed by atoms with E-state index in [0.29, 0.717) is 35.0 Å². The zero-order valence-corrected chi connectivity index (χ0v) is 18.0. The van der Waals surface area contributed by atoms with Crippen molar-refractivity contribution < 1.29 is 24.5 Å². The predicted octanol–water partition coefficient (Wildman–Crippen LogP) is -0.221. The third kappa shape index (κ3) is 3.66. The molecular formula is C20H22N6O7. The predicted molar refractivity (Wildman–Crippen MR) is 117 cm³/mol. The molecule has 1 amide bonds. The zero-order chi connectivity index (χ0) is 23.9. The molecule has 0 spiro atoms. The van der Waals surface area contributed by atoms with Gasteiger partial charge in [-0.15, -0.1) is 0 Å². The summed E-state index contributed by atoms with van der Waals surface area (Å²) >= 11 is 0. The van der Waals surface area contributed by atoms with Crippen LogP contribution in [-0.4, -0.2) is 79.1 Å². The van der Waals surface area contributed by atoms with E-state index in [1.807, 2.05) is 4.90 Å². The van der Waals surface area contributed by atoms with Crippen molar-refractivity contribution in [3.05, 3.63) is 45.1 Å². The summed E-state index contributed by atoms with van der Waals surface area (Å²) in [7, 11) is 2.88. The number of methoxy groups -OCH3 is 1. The first-order valence-corrected chi connectivity index (χ1v) is 10.0. The fourth-order valence-corrected chi connectivity index (χ4v) is 3.94. The van der Waals surface area contributed by atoms with Crippen molar-refractivity contribution in [3.8, 4) is 11.4 Å². The molecule has 1 aromatic carbocycles. The summed E-state index contributed by atoms with van der Waals surface area (Å²) in [6.45, 7) is 0.272. The van der Waals surface area contributed by atoms with Crippen LogP contribution in [0.2, 0.25) is 0 Å². The molecule has 4 rings (SSSR count). The van der Waals surface area contributed by atoms with Crippen molar-refractivity contribution in [1.82, 2.24) is 23.6 Å². The van der Waals surface area contributed by atoms with E-state index < -0.39 is 29.9 Å². The molecule has 0 saturated carbocycles. The third-order valence-electron chi connectivity index (χ3n) is 5.58. The summed E-state index contributed by atoms with van der Waals surface area (Å²) in [5.41, 5.74) is -1.05. The standard InChI is InChI=1S/C20H22N6O7/c1-22-16-15(17(29)25(19(22)30)11-14(27)28)26(12-5-3-4-6-13(12)33-2)18(21-16)23-7-9-24(10-8-23)20(31)32/h3-6H,7-11H2,1-2H3,(H,27,28)(H,31,32). The van der Waals surface area contributed by atoms with Crippen LogP contribution in [0, 0.1) is 0 Å². The number of rotatable bonds is 5. The van der Waals surface area contributed by atoms with E-state index in [-0.39, 0.29) is 24.3 Å². The monoisotopic (exact) mass is 458 g/mol. The Morgan fingerprint density at radius 3 is 2.36 bits per heavy atom. The number of hydrogen-bond donors (Lipinski definition) is 2. The molecular weight excluding hydrogens is 436 g/mol. The minimum absolute atomic E-state index is 0.0125. The van der Waals surface area contributed by atoms with Crippen molar-refractivity contribution in [2.45, 2.75) is 6.54 Å². The number of amides is 1. The molecule has 2 N–H and O–H groups in total. The summed E-state index contributed by atoms with van der Waals surface area (Å²) in [4.78, 5) is 56.3. The average molecular weight is 458 g/mol. The number of aryl methyl sites for hydroxylation is 1. The first-order valence-electron chi connectivity index (χ1n) is 10.0. The molecule has 1 aliphatic rings. The molecule has 0 radical (unpaired) electrons. The lowest BCUT2D eigenvalue weighted by Crippen LogP contribution is -2.49. The summed E-state index contributed by atoms with van der Waals surface area (Å²) in [5.74, 6) is -0.582. The Hall–Kier alpha value is -4.29. The molecule has 1 aliphatic heterocycles. The maximum Gasteiger partial charge on any atom is 0.407 e. The van der Waals surface area contributed by atoms with Gasteiger partial charge in [0.2, 0.25) is 5.95 Å². The maximum atomic E-state index is 13.3. The molecule has 13 nitrogen and oxygen atoms in total.